The molecule has 1 atom stereocenters. The van der Waals surface area contributed by atoms with Crippen LogP contribution in [-0.2, 0) is 9.05 Å². The first-order valence-corrected chi connectivity index (χ1v) is 6.40. The van der Waals surface area contributed by atoms with Gasteiger partial charge in [0.05, 0.1) is 5.75 Å². The van der Waals surface area contributed by atoms with Crippen molar-refractivity contribution in [1.29, 1.82) is 0 Å². The van der Waals surface area contributed by atoms with E-state index in [4.69, 9.17) is 22.3 Å². The lowest BCUT2D eigenvalue weighted by Crippen LogP contribution is -1.98. The molecule has 0 N–H and O–H groups in total. The highest BCUT2D eigenvalue weighted by molar-refractivity contribution is 8.13. The molecule has 0 radical (unpaired) electrons. The fourth-order valence-corrected chi connectivity index (χ4v) is 1.73. The molecule has 0 aromatic heterocycles. The lowest BCUT2D eigenvalue weighted by Gasteiger charge is -2.00. The zero-order valence-electron chi connectivity index (χ0n) is 6.39. The molecule has 0 aliphatic heterocycles. The van der Waals surface area contributed by atoms with Crippen molar-refractivity contribution in [3.05, 3.63) is 0 Å². The first kappa shape index (κ1) is 11.5. The van der Waals surface area contributed by atoms with E-state index < -0.39 is 9.05 Å². The van der Waals surface area contributed by atoms with Crippen molar-refractivity contribution in [3.8, 4) is 0 Å². The molecule has 5 heteroatoms. The van der Waals surface area contributed by atoms with E-state index in [9.17, 15) is 8.42 Å². The third-order valence-electron chi connectivity index (χ3n) is 1.24. The minimum absolute atomic E-state index is 0.0537. The largest absolute Gasteiger partial charge is 0.232 e. The van der Waals surface area contributed by atoms with Gasteiger partial charge in [0, 0.05) is 16.1 Å². The van der Waals surface area contributed by atoms with Gasteiger partial charge < -0.3 is 0 Å². The first-order chi connectivity index (χ1) is 4.92. The maximum atomic E-state index is 10.4. The van der Waals surface area contributed by atoms with Crippen molar-refractivity contribution in [1.82, 2.24) is 0 Å². The summed E-state index contributed by atoms with van der Waals surface area (Å²) in [4.78, 5) is 0. The predicted molar refractivity (Wildman–Crippen MR) is 48.8 cm³/mol. The van der Waals surface area contributed by atoms with Crippen LogP contribution in [-0.4, -0.2) is 19.5 Å². The van der Waals surface area contributed by atoms with Crippen molar-refractivity contribution in [3.63, 3.8) is 0 Å². The normalized spacial score (nSPS) is 14.8. The fraction of sp³-hybridized carbons (Fsp3) is 1.00. The Kier molecular flexibility index (Phi) is 5.48. The van der Waals surface area contributed by atoms with E-state index in [0.717, 1.165) is 12.8 Å². The van der Waals surface area contributed by atoms with E-state index in [0.29, 0.717) is 6.42 Å². The summed E-state index contributed by atoms with van der Waals surface area (Å²) in [7, 11) is 1.69. The van der Waals surface area contributed by atoms with Gasteiger partial charge in [-0.2, -0.15) is 0 Å². The van der Waals surface area contributed by atoms with E-state index in [-0.39, 0.29) is 11.1 Å². The molecule has 0 aliphatic rings. The molecule has 0 bridgehead atoms. The van der Waals surface area contributed by atoms with Gasteiger partial charge >= 0.3 is 0 Å². The molecular formula is C6H12Cl2O2S. The molecule has 0 amide bonds. The molecule has 0 aliphatic carbocycles. The quantitative estimate of drug-likeness (QED) is 0.404. The second-order valence-corrected chi connectivity index (χ2v) is 6.16. The third kappa shape index (κ3) is 10.5. The Balaban J connectivity index is 3.30. The minimum atomic E-state index is -3.29. The van der Waals surface area contributed by atoms with Crippen LogP contribution in [0.2, 0.25) is 0 Å². The molecule has 11 heavy (non-hydrogen) atoms. The summed E-state index contributed by atoms with van der Waals surface area (Å²) in [6.07, 6.45) is 2.26. The highest BCUT2D eigenvalue weighted by Gasteiger charge is 2.04. The van der Waals surface area contributed by atoms with Gasteiger partial charge in [0.1, 0.15) is 0 Å². The maximum absolute atomic E-state index is 10.4. The smallest absolute Gasteiger partial charge is 0.212 e. The zero-order chi connectivity index (χ0) is 8.91. The Bertz CT molecular complexity index is 187. The lowest BCUT2D eigenvalue weighted by molar-refractivity contribution is 0.602. The number of rotatable bonds is 5. The van der Waals surface area contributed by atoms with Crippen LogP contribution in [0.5, 0.6) is 0 Å². The summed E-state index contributed by atoms with van der Waals surface area (Å²) in [6, 6.07) is 0. The Morgan fingerprint density at radius 1 is 1.36 bits per heavy atom. The summed E-state index contributed by atoms with van der Waals surface area (Å²) < 4.78 is 20.8. The summed E-state index contributed by atoms with van der Waals surface area (Å²) in [5, 5.41) is 0.119. The highest BCUT2D eigenvalue weighted by atomic mass is 35.7. The second-order valence-electron chi connectivity index (χ2n) is 2.52. The van der Waals surface area contributed by atoms with Gasteiger partial charge in [-0.05, 0) is 19.8 Å². The summed E-state index contributed by atoms with van der Waals surface area (Å²) in [6.45, 7) is 1.89. The van der Waals surface area contributed by atoms with Crippen LogP contribution in [0.3, 0.4) is 0 Å². The van der Waals surface area contributed by atoms with Crippen LogP contribution in [0.15, 0.2) is 0 Å². The Labute approximate surface area is 77.3 Å². The van der Waals surface area contributed by atoms with Gasteiger partial charge in [-0.1, -0.05) is 6.42 Å². The average molecular weight is 219 g/mol. The van der Waals surface area contributed by atoms with Crippen LogP contribution in [0.4, 0.5) is 0 Å². The van der Waals surface area contributed by atoms with E-state index in [2.05, 4.69) is 0 Å². The molecule has 0 aromatic carbocycles. The topological polar surface area (TPSA) is 34.1 Å². The average Bonchev–Trinajstić information content (AvgIpc) is 1.78. The Morgan fingerprint density at radius 3 is 2.27 bits per heavy atom. The van der Waals surface area contributed by atoms with Gasteiger partial charge in [0.2, 0.25) is 9.05 Å². The van der Waals surface area contributed by atoms with Crippen molar-refractivity contribution in [2.45, 2.75) is 31.6 Å². The SMILES string of the molecule is CC(Cl)CCCCS(=O)(=O)Cl. The standard InChI is InChI=1S/C6H12Cl2O2S/c1-6(7)4-2-3-5-11(8,9)10/h6H,2-5H2,1H3. The van der Waals surface area contributed by atoms with Crippen molar-refractivity contribution < 1.29 is 8.42 Å². The molecule has 0 saturated heterocycles. The maximum Gasteiger partial charge on any atom is 0.232 e. The molecule has 0 saturated carbocycles. The van der Waals surface area contributed by atoms with E-state index in [1.807, 2.05) is 6.92 Å². The number of hydrogen-bond donors (Lipinski definition) is 0. The molecule has 0 spiro atoms. The molecule has 1 unspecified atom stereocenters. The van der Waals surface area contributed by atoms with Crippen molar-refractivity contribution in [2.75, 3.05) is 5.75 Å². The van der Waals surface area contributed by atoms with Crippen molar-refractivity contribution in [2.24, 2.45) is 0 Å². The Morgan fingerprint density at radius 2 is 1.91 bits per heavy atom. The number of unbranched alkanes of at least 4 members (excludes halogenated alkanes) is 1. The molecule has 0 heterocycles. The molecule has 2 nitrogen and oxygen atoms in total. The molecule has 68 valence electrons. The number of alkyl halides is 1. The Hall–Kier alpha value is 0.530. The van der Waals surface area contributed by atoms with Gasteiger partial charge in [-0.25, -0.2) is 8.42 Å². The summed E-state index contributed by atoms with van der Waals surface area (Å²) in [5.74, 6) is 0.0537. The minimum Gasteiger partial charge on any atom is -0.212 e. The van der Waals surface area contributed by atoms with Gasteiger partial charge in [0.15, 0.2) is 0 Å². The van der Waals surface area contributed by atoms with Crippen LogP contribution in [0, 0.1) is 0 Å². The first-order valence-electron chi connectivity index (χ1n) is 3.48. The molecular weight excluding hydrogens is 207 g/mol. The van der Waals surface area contributed by atoms with Crippen LogP contribution in [0.25, 0.3) is 0 Å². The molecule has 0 fully saturated rings. The van der Waals surface area contributed by atoms with Gasteiger partial charge in [-0.15, -0.1) is 11.6 Å². The van der Waals surface area contributed by atoms with Crippen LogP contribution >= 0.6 is 22.3 Å². The third-order valence-corrected chi connectivity index (χ3v) is 2.70. The number of hydrogen-bond acceptors (Lipinski definition) is 2. The van der Waals surface area contributed by atoms with E-state index >= 15 is 0 Å². The summed E-state index contributed by atoms with van der Waals surface area (Å²) in [5.41, 5.74) is 0. The number of halogens is 2. The molecule has 0 rings (SSSR count). The van der Waals surface area contributed by atoms with Crippen LogP contribution in [0.1, 0.15) is 26.2 Å². The fourth-order valence-electron chi connectivity index (χ4n) is 0.700. The van der Waals surface area contributed by atoms with Crippen molar-refractivity contribution >= 4 is 31.3 Å². The predicted octanol–water partition coefficient (Wildman–Crippen LogP) is 2.35. The van der Waals surface area contributed by atoms with Gasteiger partial charge in [-0.3, -0.25) is 0 Å². The van der Waals surface area contributed by atoms with Gasteiger partial charge in [0.25, 0.3) is 0 Å². The molecule has 0 aromatic rings. The lowest BCUT2D eigenvalue weighted by atomic mass is 10.2. The second kappa shape index (κ2) is 5.22. The monoisotopic (exact) mass is 218 g/mol. The van der Waals surface area contributed by atoms with E-state index in [1.54, 1.807) is 0 Å². The van der Waals surface area contributed by atoms with E-state index in [1.165, 1.54) is 0 Å². The highest BCUT2D eigenvalue weighted by Crippen LogP contribution is 2.08. The zero-order valence-corrected chi connectivity index (χ0v) is 8.71. The van der Waals surface area contributed by atoms with Crippen LogP contribution < -0.4 is 0 Å². The summed E-state index contributed by atoms with van der Waals surface area (Å²) >= 11 is 5.65.